The van der Waals surface area contributed by atoms with E-state index in [-0.39, 0.29) is 56.9 Å². The fourth-order valence-corrected chi connectivity index (χ4v) is 0. The van der Waals surface area contributed by atoms with Crippen LogP contribution in [0.1, 0.15) is 0 Å². The van der Waals surface area contributed by atoms with Crippen molar-refractivity contribution in [3.63, 3.8) is 0 Å². The molecule has 0 aliphatic carbocycles. The molecule has 0 amide bonds. The van der Waals surface area contributed by atoms with E-state index in [4.69, 9.17) is 19.2 Å². The van der Waals surface area contributed by atoms with Gasteiger partial charge in [0.05, 0.1) is 0 Å². The molecule has 0 fully saturated rings. The fourth-order valence-electron chi connectivity index (χ4n) is 0. The van der Waals surface area contributed by atoms with Crippen molar-refractivity contribution in [2.75, 3.05) is 0 Å². The van der Waals surface area contributed by atoms with Crippen LogP contribution in [0.3, 0.4) is 0 Å². The van der Waals surface area contributed by atoms with Crippen LogP contribution in [0.2, 0.25) is 0 Å². The van der Waals surface area contributed by atoms with Crippen molar-refractivity contribution >= 4 is 7.82 Å². The van der Waals surface area contributed by atoms with Crippen molar-refractivity contribution in [1.82, 2.24) is 0 Å². The van der Waals surface area contributed by atoms with Gasteiger partial charge in [-0.1, -0.05) is 0 Å². The third kappa shape index (κ3) is 86.2. The third-order valence-corrected chi connectivity index (χ3v) is 0. The molecule has 0 heterocycles. The van der Waals surface area contributed by atoms with Crippen LogP contribution in [0.15, 0.2) is 0 Å². The molecule has 0 aliphatic rings. The molecule has 0 aliphatic heterocycles. The summed E-state index contributed by atoms with van der Waals surface area (Å²) in [6.07, 6.45) is 0. The Labute approximate surface area is 82.7 Å². The molecule has 7 heavy (non-hydrogen) atoms. The predicted molar refractivity (Wildman–Crippen MR) is 16.2 cm³/mol. The van der Waals surface area contributed by atoms with Crippen molar-refractivity contribution in [3.8, 4) is 0 Å². The molecule has 0 saturated carbocycles. The first kappa shape index (κ1) is 15.9. The standard InChI is InChI=1S/K.H3O4P.H2O/c;1-5(2,3)4;/h;(H3,1,2,3,4);1H2/q+1;;/p-1. The van der Waals surface area contributed by atoms with Gasteiger partial charge in [-0.2, -0.15) is 0 Å². The quantitative estimate of drug-likeness (QED) is 0.243. The molecule has 0 aromatic heterocycles. The molecule has 0 spiro atoms. The van der Waals surface area contributed by atoms with Crippen molar-refractivity contribution in [2.24, 2.45) is 0 Å². The minimum atomic E-state index is -4.64. The number of hydrogen-bond donors (Lipinski definition) is 3. The summed E-state index contributed by atoms with van der Waals surface area (Å²) >= 11 is 0. The van der Waals surface area contributed by atoms with Gasteiger partial charge in [-0.15, -0.1) is 0 Å². The van der Waals surface area contributed by atoms with E-state index in [1.807, 2.05) is 0 Å². The maximum absolute atomic E-state index is 8.88. The monoisotopic (exact) mass is 154 g/mol. The zero-order chi connectivity index (χ0) is 4.50. The van der Waals surface area contributed by atoms with Gasteiger partial charge in [0, 0.05) is 0 Å². The van der Waals surface area contributed by atoms with Crippen LogP contribution in [-0.2, 0) is 4.57 Å². The van der Waals surface area contributed by atoms with Gasteiger partial charge in [0.2, 0.25) is 0 Å². The van der Waals surface area contributed by atoms with E-state index in [2.05, 4.69) is 0 Å². The van der Waals surface area contributed by atoms with Crippen LogP contribution in [0.25, 0.3) is 0 Å². The van der Waals surface area contributed by atoms with Crippen LogP contribution in [0.5, 0.6) is 0 Å². The molecule has 0 rings (SSSR count). The van der Waals surface area contributed by atoms with Gasteiger partial charge in [-0.25, -0.2) is 4.57 Å². The zero-order valence-electron chi connectivity index (χ0n) is 3.64. The Morgan fingerprint density at radius 2 is 1.14 bits per heavy atom. The largest absolute Gasteiger partial charge is 1.00 e. The molecular formula is H4KO5P. The Morgan fingerprint density at radius 3 is 1.14 bits per heavy atom. The molecule has 0 bridgehead atoms. The van der Waals surface area contributed by atoms with Crippen LogP contribution in [0.4, 0.5) is 0 Å². The maximum atomic E-state index is 8.88. The second-order valence-electron chi connectivity index (χ2n) is 0.513. The molecule has 0 saturated heterocycles. The Hall–Kier alpha value is 1.71. The summed E-state index contributed by atoms with van der Waals surface area (Å²) in [5.41, 5.74) is 0. The Kier molecular flexibility index (Phi) is 13.2. The smallest absolute Gasteiger partial charge is 0.870 e. The van der Waals surface area contributed by atoms with E-state index in [0.29, 0.717) is 0 Å². The first-order chi connectivity index (χ1) is 2.00. The first-order valence-electron chi connectivity index (χ1n) is 0.783. The summed E-state index contributed by atoms with van der Waals surface area (Å²) in [6, 6.07) is 0. The Balaban J connectivity index is -0.0000000800. The summed E-state index contributed by atoms with van der Waals surface area (Å²) < 4.78 is 8.88. The van der Waals surface area contributed by atoms with Gasteiger partial charge in [0.1, 0.15) is 0 Å². The van der Waals surface area contributed by atoms with Gasteiger partial charge in [0.15, 0.2) is 0 Å². The zero-order valence-corrected chi connectivity index (χ0v) is 7.66. The summed E-state index contributed by atoms with van der Waals surface area (Å²) in [6.45, 7) is 0. The third-order valence-electron chi connectivity index (χ3n) is 0. The van der Waals surface area contributed by atoms with Crippen LogP contribution in [0, 0.1) is 0 Å². The van der Waals surface area contributed by atoms with Crippen molar-refractivity contribution in [2.45, 2.75) is 0 Å². The average molecular weight is 154 g/mol. The van der Waals surface area contributed by atoms with Gasteiger partial charge in [0.25, 0.3) is 0 Å². The predicted octanol–water partition coefficient (Wildman–Crippen LogP) is -4.10. The number of hydrogen-bond acceptors (Lipinski definition) is 2. The summed E-state index contributed by atoms with van der Waals surface area (Å²) in [7, 11) is -4.64. The average Bonchev–Trinajstić information content (AvgIpc) is 0.722. The molecule has 7 heteroatoms. The molecule has 0 unspecified atom stereocenters. The van der Waals surface area contributed by atoms with Crippen LogP contribution >= 0.6 is 7.82 Å². The number of rotatable bonds is 0. The minimum absolute atomic E-state index is 0. The molecule has 0 aromatic carbocycles. The maximum Gasteiger partial charge on any atom is 1.00 e. The second kappa shape index (κ2) is 5.84. The summed E-state index contributed by atoms with van der Waals surface area (Å²) in [5, 5.41) is 0. The normalized spacial score (nSPS) is 8.43. The van der Waals surface area contributed by atoms with E-state index >= 15 is 0 Å². The minimum Gasteiger partial charge on any atom is -0.870 e. The van der Waals surface area contributed by atoms with E-state index in [1.54, 1.807) is 0 Å². The van der Waals surface area contributed by atoms with Crippen molar-refractivity contribution in [1.29, 1.82) is 0 Å². The first-order valence-corrected chi connectivity index (χ1v) is 2.35. The second-order valence-corrected chi connectivity index (χ2v) is 1.54. The molecular weight excluding hydrogens is 150 g/mol. The van der Waals surface area contributed by atoms with Crippen molar-refractivity contribution < 1.29 is 76.1 Å². The van der Waals surface area contributed by atoms with Gasteiger partial charge >= 0.3 is 59.2 Å². The van der Waals surface area contributed by atoms with E-state index in [1.165, 1.54) is 0 Å². The van der Waals surface area contributed by atoms with Crippen LogP contribution < -0.4 is 51.4 Å². The topological polar surface area (TPSA) is 108 Å². The Morgan fingerprint density at radius 1 is 1.14 bits per heavy atom. The molecule has 0 atom stereocenters. The summed E-state index contributed by atoms with van der Waals surface area (Å²) in [5.74, 6) is 0. The molecule has 5 nitrogen and oxygen atoms in total. The number of phosphoric acid groups is 1. The van der Waals surface area contributed by atoms with Gasteiger partial charge in [-0.05, 0) is 0 Å². The molecule has 4 N–H and O–H groups in total. The molecule has 40 valence electrons. The van der Waals surface area contributed by atoms with E-state index < -0.39 is 7.82 Å². The summed E-state index contributed by atoms with van der Waals surface area (Å²) in [4.78, 5) is 21.6. The van der Waals surface area contributed by atoms with Crippen molar-refractivity contribution in [3.05, 3.63) is 0 Å². The molecule has 0 aromatic rings. The SMILES string of the molecule is O=P(O)(O)O.[K+].[OH-]. The Bertz CT molecular complexity index is 54.2. The fraction of sp³-hybridized carbons (Fsp3) is 0. The van der Waals surface area contributed by atoms with Gasteiger partial charge < -0.3 is 20.2 Å². The van der Waals surface area contributed by atoms with Crippen LogP contribution in [-0.4, -0.2) is 20.2 Å². The van der Waals surface area contributed by atoms with Gasteiger partial charge in [-0.3, -0.25) is 0 Å². The van der Waals surface area contributed by atoms with E-state index in [0.717, 1.165) is 0 Å². The molecule has 0 radical (unpaired) electrons. The van der Waals surface area contributed by atoms with E-state index in [9.17, 15) is 0 Å².